The maximum atomic E-state index is 14.2. The van der Waals surface area contributed by atoms with Crippen LogP contribution in [0.2, 0.25) is 0 Å². The SMILES string of the molecule is NC(=O)[C@@H]1CCC[N+]1(C(=O)CSc1nc2ccccc2[nH]1)C(Cc1ccccc1)c1ccccc1. The van der Waals surface area contributed by atoms with Crippen molar-refractivity contribution in [2.45, 2.75) is 36.5 Å². The second-order valence-electron chi connectivity index (χ2n) is 9.07. The molecule has 1 fully saturated rings. The highest BCUT2D eigenvalue weighted by molar-refractivity contribution is 7.99. The van der Waals surface area contributed by atoms with E-state index in [-0.39, 0.29) is 22.2 Å². The van der Waals surface area contributed by atoms with Gasteiger partial charge in [-0.25, -0.2) is 14.3 Å². The largest absolute Gasteiger partial charge is 0.364 e. The van der Waals surface area contributed by atoms with E-state index in [2.05, 4.69) is 34.2 Å². The molecule has 1 aliphatic rings. The lowest BCUT2D eigenvalue weighted by Gasteiger charge is -2.43. The summed E-state index contributed by atoms with van der Waals surface area (Å²) in [5, 5.41) is 0.701. The predicted molar refractivity (Wildman–Crippen MR) is 138 cm³/mol. The number of carbonyl (C=O) groups is 2. The third-order valence-corrected chi connectivity index (χ3v) is 7.93. The average Bonchev–Trinajstić information content (AvgIpc) is 3.52. The number of benzene rings is 3. The van der Waals surface area contributed by atoms with Crippen molar-refractivity contribution in [2.24, 2.45) is 5.73 Å². The normalized spacial score (nSPS) is 20.6. The number of hydrogen-bond donors (Lipinski definition) is 2. The number of carbonyl (C=O) groups excluding carboxylic acids is 2. The summed E-state index contributed by atoms with van der Waals surface area (Å²) in [5.41, 5.74) is 9.93. The summed E-state index contributed by atoms with van der Waals surface area (Å²) in [6.45, 7) is 0.597. The van der Waals surface area contributed by atoms with Crippen molar-refractivity contribution < 1.29 is 14.1 Å². The Kier molecular flexibility index (Phi) is 6.70. The van der Waals surface area contributed by atoms with Gasteiger partial charge in [-0.3, -0.25) is 4.79 Å². The molecule has 3 aromatic carbocycles. The number of nitrogens with zero attached hydrogens (tertiary/aromatic N) is 2. The number of amides is 2. The quantitative estimate of drug-likeness (QED) is 0.281. The van der Waals surface area contributed by atoms with Gasteiger partial charge < -0.3 is 10.7 Å². The molecule has 2 unspecified atom stereocenters. The number of aromatic amines is 1. The summed E-state index contributed by atoms with van der Waals surface area (Å²) in [6.07, 6.45) is 2.05. The molecule has 0 saturated carbocycles. The van der Waals surface area contributed by atoms with Gasteiger partial charge in [0.05, 0.1) is 17.6 Å². The van der Waals surface area contributed by atoms with Gasteiger partial charge in [-0.2, -0.15) is 0 Å². The number of fused-ring (bicyclic) bond motifs is 1. The van der Waals surface area contributed by atoms with Crippen LogP contribution in [0.3, 0.4) is 0 Å². The Labute approximate surface area is 209 Å². The third kappa shape index (κ3) is 4.61. The molecule has 2 amide bonds. The average molecular weight is 486 g/mol. The Morgan fingerprint density at radius 3 is 2.40 bits per heavy atom. The van der Waals surface area contributed by atoms with Gasteiger partial charge in [0.15, 0.2) is 11.2 Å². The number of thioether (sulfide) groups is 1. The molecule has 6 nitrogen and oxygen atoms in total. The van der Waals surface area contributed by atoms with Gasteiger partial charge >= 0.3 is 5.91 Å². The van der Waals surface area contributed by atoms with Gasteiger partial charge in [-0.15, -0.1) is 0 Å². The van der Waals surface area contributed by atoms with Crippen molar-refractivity contribution >= 4 is 34.6 Å². The molecule has 0 aliphatic carbocycles. The van der Waals surface area contributed by atoms with E-state index in [0.29, 0.717) is 24.5 Å². The number of nitrogens with two attached hydrogens (primary N) is 1. The molecule has 4 aromatic rings. The number of H-pyrrole nitrogens is 1. The third-order valence-electron chi connectivity index (χ3n) is 7.07. The number of quaternary nitrogens is 1. The molecule has 35 heavy (non-hydrogen) atoms. The predicted octanol–water partition coefficient (Wildman–Crippen LogP) is 4.63. The second-order valence-corrected chi connectivity index (χ2v) is 10.0. The molecule has 7 heteroatoms. The molecule has 1 aromatic heterocycles. The first kappa shape index (κ1) is 23.3. The van der Waals surface area contributed by atoms with Gasteiger partial charge in [0.2, 0.25) is 0 Å². The van der Waals surface area contributed by atoms with E-state index in [1.807, 2.05) is 60.7 Å². The molecule has 0 radical (unpaired) electrons. The van der Waals surface area contributed by atoms with Crippen LogP contribution in [0.4, 0.5) is 0 Å². The van der Waals surface area contributed by atoms with E-state index in [0.717, 1.165) is 28.6 Å². The first-order valence-electron chi connectivity index (χ1n) is 11.9. The summed E-state index contributed by atoms with van der Waals surface area (Å²) >= 11 is 1.39. The second kappa shape index (κ2) is 10.1. The highest BCUT2D eigenvalue weighted by Gasteiger charge is 2.55. The van der Waals surface area contributed by atoms with Crippen LogP contribution < -0.4 is 5.73 Å². The fourth-order valence-corrected chi connectivity index (χ4v) is 6.30. The van der Waals surface area contributed by atoms with Crippen molar-refractivity contribution in [3.63, 3.8) is 0 Å². The summed E-state index contributed by atoms with van der Waals surface area (Å²) < 4.78 is 0.0570. The number of primary amides is 1. The number of imidazole rings is 1. The zero-order valence-electron chi connectivity index (χ0n) is 19.5. The number of likely N-dealkylation sites (tertiary alicyclic amines) is 1. The maximum Gasteiger partial charge on any atom is 0.325 e. The van der Waals surface area contributed by atoms with E-state index >= 15 is 0 Å². The molecule has 2 heterocycles. The van der Waals surface area contributed by atoms with Crippen LogP contribution in [0.15, 0.2) is 90.1 Å². The zero-order chi connectivity index (χ0) is 24.3. The summed E-state index contributed by atoms with van der Waals surface area (Å²) in [5.74, 6) is -0.179. The molecule has 1 saturated heterocycles. The highest BCUT2D eigenvalue weighted by Crippen LogP contribution is 2.42. The van der Waals surface area contributed by atoms with Crippen LogP contribution in [0.25, 0.3) is 11.0 Å². The Hall–Kier alpha value is -3.42. The Balaban J connectivity index is 1.52. The van der Waals surface area contributed by atoms with Crippen molar-refractivity contribution in [3.8, 4) is 0 Å². The fraction of sp³-hybridized carbons (Fsp3) is 0.250. The van der Waals surface area contributed by atoms with Crippen molar-refractivity contribution in [3.05, 3.63) is 96.1 Å². The first-order valence-corrected chi connectivity index (χ1v) is 12.9. The van der Waals surface area contributed by atoms with Crippen LogP contribution in [-0.2, 0) is 16.0 Å². The topological polar surface area (TPSA) is 88.8 Å². The molecule has 3 N–H and O–H groups in total. The van der Waals surface area contributed by atoms with Crippen LogP contribution >= 0.6 is 11.8 Å². The van der Waals surface area contributed by atoms with Gasteiger partial charge in [-0.05, 0) is 17.7 Å². The minimum Gasteiger partial charge on any atom is -0.364 e. The molecule has 3 atom stereocenters. The van der Waals surface area contributed by atoms with Crippen molar-refractivity contribution in [1.29, 1.82) is 0 Å². The van der Waals surface area contributed by atoms with Crippen LogP contribution in [0.1, 0.15) is 30.0 Å². The van der Waals surface area contributed by atoms with Crippen molar-refractivity contribution in [2.75, 3.05) is 12.3 Å². The summed E-state index contributed by atoms with van der Waals surface area (Å²) in [4.78, 5) is 34.8. The number of para-hydroxylation sites is 2. The first-order chi connectivity index (χ1) is 17.1. The van der Waals surface area contributed by atoms with E-state index in [1.54, 1.807) is 0 Å². The molecular weight excluding hydrogens is 456 g/mol. The molecular formula is C28H29N4O2S+. The maximum absolute atomic E-state index is 14.2. The Morgan fingerprint density at radius 1 is 1.00 bits per heavy atom. The van der Waals surface area contributed by atoms with Crippen LogP contribution in [0.5, 0.6) is 0 Å². The van der Waals surface area contributed by atoms with Gasteiger partial charge in [-0.1, -0.05) is 84.6 Å². The number of aromatic nitrogens is 2. The van der Waals surface area contributed by atoms with Gasteiger partial charge in [0.1, 0.15) is 11.8 Å². The van der Waals surface area contributed by atoms with E-state index < -0.39 is 11.9 Å². The zero-order valence-corrected chi connectivity index (χ0v) is 20.3. The standard InChI is InChI=1S/C28H28N4O2S/c29-27(34)24-16-9-17-32(24,26(33)19-35-28-30-22-14-7-8-15-23(22)31-28)25(21-12-5-2-6-13-21)18-20-10-3-1-4-11-20/h1-8,10-15,24-25H,9,16-19H2,(H2-,29,30,31,34)/p+1/t24-,25?,32?/m0/s1. The summed E-state index contributed by atoms with van der Waals surface area (Å²) in [6, 6.07) is 27.3. The minimum absolute atomic E-state index is 0.0153. The van der Waals surface area contributed by atoms with E-state index in [1.165, 1.54) is 11.8 Å². The molecule has 1 aliphatic heterocycles. The van der Waals surface area contributed by atoms with Crippen molar-refractivity contribution in [1.82, 2.24) is 9.97 Å². The van der Waals surface area contributed by atoms with Gasteiger partial charge in [0, 0.05) is 24.8 Å². The Bertz CT molecular complexity index is 1290. The minimum atomic E-state index is -0.548. The number of rotatable bonds is 8. The van der Waals surface area contributed by atoms with E-state index in [9.17, 15) is 9.59 Å². The van der Waals surface area contributed by atoms with Crippen LogP contribution in [0, 0.1) is 0 Å². The monoisotopic (exact) mass is 485 g/mol. The van der Waals surface area contributed by atoms with Gasteiger partial charge in [0.25, 0.3) is 5.91 Å². The number of hydrogen-bond acceptors (Lipinski definition) is 4. The molecule has 5 rings (SSSR count). The molecule has 0 bridgehead atoms. The molecule has 178 valence electrons. The lowest BCUT2D eigenvalue weighted by molar-refractivity contribution is -0.887. The lowest BCUT2D eigenvalue weighted by Crippen LogP contribution is -2.62. The highest BCUT2D eigenvalue weighted by atomic mass is 32.2. The molecule has 0 spiro atoms. The fourth-order valence-electron chi connectivity index (χ4n) is 5.45. The lowest BCUT2D eigenvalue weighted by atomic mass is 9.93. The smallest absolute Gasteiger partial charge is 0.325 e. The van der Waals surface area contributed by atoms with E-state index in [4.69, 9.17) is 5.73 Å². The number of nitrogens with one attached hydrogen (secondary N) is 1. The van der Waals surface area contributed by atoms with Crippen LogP contribution in [-0.4, -0.2) is 44.6 Å². The summed E-state index contributed by atoms with van der Waals surface area (Å²) in [7, 11) is 0. The Morgan fingerprint density at radius 2 is 1.69 bits per heavy atom.